The van der Waals surface area contributed by atoms with Crippen LogP contribution in [0, 0.1) is 0 Å². The molecule has 0 saturated heterocycles. The van der Waals surface area contributed by atoms with E-state index in [0.29, 0.717) is 5.76 Å². The first-order valence-electron chi connectivity index (χ1n) is 5.80. The molecule has 20 heavy (non-hydrogen) atoms. The van der Waals surface area contributed by atoms with Gasteiger partial charge in [-0.05, 0) is 30.3 Å². The van der Waals surface area contributed by atoms with Crippen LogP contribution in [0.5, 0.6) is 5.75 Å². The number of primary amides is 1. The molecule has 6 heteroatoms. The molecular weight excluding hydrogens is 262 g/mol. The molecule has 0 aliphatic heterocycles. The minimum absolute atomic E-state index is 0.0570. The van der Waals surface area contributed by atoms with Gasteiger partial charge in [-0.2, -0.15) is 0 Å². The molecule has 0 saturated carbocycles. The minimum atomic E-state index is -0.658. The first-order valence-corrected chi connectivity index (χ1v) is 5.80. The number of hydrogen-bond donors (Lipinski definition) is 1. The van der Waals surface area contributed by atoms with E-state index < -0.39 is 11.9 Å². The largest absolute Gasteiger partial charge is 0.452 e. The van der Waals surface area contributed by atoms with Gasteiger partial charge in [0.2, 0.25) is 11.7 Å². The lowest BCUT2D eigenvalue weighted by Gasteiger charge is -2.03. The van der Waals surface area contributed by atoms with Crippen LogP contribution in [0.25, 0.3) is 0 Å². The molecule has 0 spiro atoms. The van der Waals surface area contributed by atoms with E-state index in [1.54, 1.807) is 18.2 Å². The highest BCUT2D eigenvalue weighted by Gasteiger charge is 2.14. The Morgan fingerprint density at radius 2 is 2.05 bits per heavy atom. The van der Waals surface area contributed by atoms with E-state index in [9.17, 15) is 9.59 Å². The highest BCUT2D eigenvalue weighted by atomic mass is 16.5. The number of benzene rings is 1. The first kappa shape index (κ1) is 13.8. The summed E-state index contributed by atoms with van der Waals surface area (Å²) in [6, 6.07) is 9.15. The Labute approximate surface area is 115 Å². The van der Waals surface area contributed by atoms with Gasteiger partial charge >= 0.3 is 5.97 Å². The molecule has 1 aromatic carbocycles. The van der Waals surface area contributed by atoms with Gasteiger partial charge < -0.3 is 19.6 Å². The van der Waals surface area contributed by atoms with Gasteiger partial charge in [0, 0.05) is 12.7 Å². The number of esters is 1. The molecule has 1 aromatic heterocycles. The van der Waals surface area contributed by atoms with Crippen LogP contribution in [0.2, 0.25) is 0 Å². The van der Waals surface area contributed by atoms with Gasteiger partial charge in [0.05, 0.1) is 0 Å². The van der Waals surface area contributed by atoms with Crippen molar-refractivity contribution in [3.63, 3.8) is 0 Å². The van der Waals surface area contributed by atoms with Crippen LogP contribution in [0.15, 0.2) is 40.8 Å². The monoisotopic (exact) mass is 275 g/mol. The predicted octanol–water partition coefficient (Wildman–Crippen LogP) is 1.74. The normalized spacial score (nSPS) is 10.2. The van der Waals surface area contributed by atoms with Crippen molar-refractivity contribution in [2.45, 2.75) is 6.61 Å². The van der Waals surface area contributed by atoms with E-state index in [2.05, 4.69) is 0 Å². The predicted molar refractivity (Wildman–Crippen MR) is 69.3 cm³/mol. The smallest absolute Gasteiger partial charge is 0.379 e. The van der Waals surface area contributed by atoms with Gasteiger partial charge in [-0.3, -0.25) is 4.79 Å². The summed E-state index contributed by atoms with van der Waals surface area (Å²) in [5.74, 6) is -0.458. The molecule has 104 valence electrons. The van der Waals surface area contributed by atoms with Gasteiger partial charge in [0.25, 0.3) is 0 Å². The van der Waals surface area contributed by atoms with Crippen molar-refractivity contribution in [3.05, 3.63) is 53.5 Å². The number of hydrogen-bond acceptors (Lipinski definition) is 5. The van der Waals surface area contributed by atoms with Crippen molar-refractivity contribution in [2.24, 2.45) is 5.73 Å². The van der Waals surface area contributed by atoms with Crippen molar-refractivity contribution in [1.82, 2.24) is 0 Å². The van der Waals surface area contributed by atoms with Crippen LogP contribution >= 0.6 is 0 Å². The molecule has 6 nitrogen and oxygen atoms in total. The van der Waals surface area contributed by atoms with Gasteiger partial charge in [0.1, 0.15) is 18.1 Å². The van der Waals surface area contributed by atoms with Crippen LogP contribution in [-0.4, -0.2) is 19.0 Å². The van der Waals surface area contributed by atoms with Crippen molar-refractivity contribution >= 4 is 11.9 Å². The molecule has 2 N–H and O–H groups in total. The lowest BCUT2D eigenvalue weighted by atomic mass is 10.2. The molecule has 2 aromatic rings. The Morgan fingerprint density at radius 1 is 1.25 bits per heavy atom. The highest BCUT2D eigenvalue weighted by molar-refractivity contribution is 5.93. The number of ether oxygens (including phenoxy) is 2. The standard InChI is InChI=1S/C14H13NO5/c1-18-8-11-5-6-12(19-11)14(17)20-10-4-2-3-9(7-10)13(15)16/h2-7H,8H2,1H3,(H2,15,16). The van der Waals surface area contributed by atoms with E-state index in [4.69, 9.17) is 19.6 Å². The number of furan rings is 1. The quantitative estimate of drug-likeness (QED) is 0.663. The average Bonchev–Trinajstić information content (AvgIpc) is 2.88. The first-order chi connectivity index (χ1) is 9.60. The third-order valence-electron chi connectivity index (χ3n) is 2.48. The minimum Gasteiger partial charge on any atom is -0.452 e. The number of methoxy groups -OCH3 is 1. The number of carbonyl (C=O) groups is 2. The third kappa shape index (κ3) is 3.24. The fourth-order valence-electron chi connectivity index (χ4n) is 1.58. The lowest BCUT2D eigenvalue weighted by molar-refractivity contribution is 0.0692. The maximum Gasteiger partial charge on any atom is 0.379 e. The summed E-state index contributed by atoms with van der Waals surface area (Å²) in [5.41, 5.74) is 5.41. The number of amides is 1. The number of rotatable bonds is 5. The van der Waals surface area contributed by atoms with Crippen LogP contribution in [0.3, 0.4) is 0 Å². The molecule has 0 unspecified atom stereocenters. The SMILES string of the molecule is COCc1ccc(C(=O)Oc2cccc(C(N)=O)c2)o1. The lowest BCUT2D eigenvalue weighted by Crippen LogP contribution is -2.12. The molecule has 2 rings (SSSR count). The molecule has 1 heterocycles. The maximum atomic E-state index is 11.8. The van der Waals surface area contributed by atoms with Gasteiger partial charge in [-0.15, -0.1) is 0 Å². The summed E-state index contributed by atoms with van der Waals surface area (Å²) in [6.45, 7) is 0.268. The molecule has 1 amide bonds. The summed E-state index contributed by atoms with van der Waals surface area (Å²) >= 11 is 0. The Balaban J connectivity index is 2.10. The van der Waals surface area contributed by atoms with Crippen molar-refractivity contribution < 1.29 is 23.5 Å². The van der Waals surface area contributed by atoms with Crippen molar-refractivity contribution in [1.29, 1.82) is 0 Å². The molecule has 0 fully saturated rings. The van der Waals surface area contributed by atoms with E-state index in [0.717, 1.165) is 0 Å². The zero-order chi connectivity index (χ0) is 14.5. The molecule has 0 bridgehead atoms. The molecule has 0 radical (unpaired) electrons. The van der Waals surface area contributed by atoms with Gasteiger partial charge in [-0.1, -0.05) is 6.07 Å². The fourth-order valence-corrected chi connectivity index (χ4v) is 1.58. The van der Waals surface area contributed by atoms with Crippen molar-refractivity contribution in [2.75, 3.05) is 7.11 Å². The van der Waals surface area contributed by atoms with E-state index in [1.807, 2.05) is 0 Å². The summed E-state index contributed by atoms with van der Waals surface area (Å²) in [5, 5.41) is 0. The Morgan fingerprint density at radius 3 is 2.75 bits per heavy atom. The number of nitrogens with two attached hydrogens (primary N) is 1. The van der Waals surface area contributed by atoms with E-state index in [-0.39, 0.29) is 23.7 Å². The second-order valence-electron chi connectivity index (χ2n) is 3.98. The van der Waals surface area contributed by atoms with Crippen LogP contribution in [0.4, 0.5) is 0 Å². The van der Waals surface area contributed by atoms with Crippen LogP contribution < -0.4 is 10.5 Å². The number of carbonyl (C=O) groups excluding carboxylic acids is 2. The molecule has 0 aliphatic rings. The maximum absolute atomic E-state index is 11.8. The average molecular weight is 275 g/mol. The Kier molecular flexibility index (Phi) is 4.17. The molecule has 0 atom stereocenters. The van der Waals surface area contributed by atoms with E-state index in [1.165, 1.54) is 25.3 Å². The summed E-state index contributed by atoms with van der Waals surface area (Å²) in [6.07, 6.45) is 0. The third-order valence-corrected chi connectivity index (χ3v) is 2.48. The van der Waals surface area contributed by atoms with Crippen LogP contribution in [-0.2, 0) is 11.3 Å². The topological polar surface area (TPSA) is 91.8 Å². The summed E-state index contributed by atoms with van der Waals surface area (Å²) in [7, 11) is 1.52. The second-order valence-corrected chi connectivity index (χ2v) is 3.98. The van der Waals surface area contributed by atoms with Crippen molar-refractivity contribution in [3.8, 4) is 5.75 Å². The van der Waals surface area contributed by atoms with E-state index >= 15 is 0 Å². The zero-order valence-electron chi connectivity index (χ0n) is 10.8. The Bertz CT molecular complexity index is 632. The van der Waals surface area contributed by atoms with Gasteiger partial charge in [0.15, 0.2) is 0 Å². The zero-order valence-corrected chi connectivity index (χ0v) is 10.8. The second kappa shape index (κ2) is 6.03. The summed E-state index contributed by atoms with van der Waals surface area (Å²) in [4.78, 5) is 22.9. The Hall–Kier alpha value is -2.60. The summed E-state index contributed by atoms with van der Waals surface area (Å²) < 4.78 is 15.2. The molecular formula is C14H13NO5. The fraction of sp³-hybridized carbons (Fsp3) is 0.143. The highest BCUT2D eigenvalue weighted by Crippen LogP contribution is 2.16. The van der Waals surface area contributed by atoms with Gasteiger partial charge in [-0.25, -0.2) is 4.79 Å². The molecule has 0 aliphatic carbocycles. The van der Waals surface area contributed by atoms with Crippen LogP contribution in [0.1, 0.15) is 26.7 Å².